The first-order valence-electron chi connectivity index (χ1n) is 8.12. The lowest BCUT2D eigenvalue weighted by molar-refractivity contribution is -0.115. The van der Waals surface area contributed by atoms with Gasteiger partial charge in [-0.3, -0.25) is 4.79 Å². The van der Waals surface area contributed by atoms with Crippen LogP contribution < -0.4 is 5.32 Å². The quantitative estimate of drug-likeness (QED) is 0.683. The molecule has 27 heavy (non-hydrogen) atoms. The highest BCUT2D eigenvalue weighted by Gasteiger charge is 2.21. The number of aromatic nitrogens is 3. The highest BCUT2D eigenvalue weighted by molar-refractivity contribution is 8.00. The number of rotatable bonds is 5. The number of nitriles is 1. The van der Waals surface area contributed by atoms with E-state index in [4.69, 9.17) is 5.26 Å². The van der Waals surface area contributed by atoms with E-state index in [1.165, 1.54) is 17.8 Å². The minimum Gasteiger partial charge on any atom is -0.324 e. The minimum atomic E-state index is -0.492. The van der Waals surface area contributed by atoms with E-state index in [1.807, 2.05) is 6.07 Å². The van der Waals surface area contributed by atoms with Crippen LogP contribution in [0.3, 0.4) is 0 Å². The number of carbonyl (C=O) groups is 1. The average molecular weight is 381 g/mol. The van der Waals surface area contributed by atoms with Crippen LogP contribution in [0.4, 0.5) is 10.1 Å². The van der Waals surface area contributed by atoms with Crippen LogP contribution in [0.1, 0.15) is 12.5 Å². The van der Waals surface area contributed by atoms with E-state index >= 15 is 0 Å². The fraction of sp³-hybridized carbons (Fsp3) is 0.158. The Bertz CT molecular complexity index is 1030. The number of para-hydroxylation sites is 1. The predicted molar refractivity (Wildman–Crippen MR) is 102 cm³/mol. The van der Waals surface area contributed by atoms with E-state index in [1.54, 1.807) is 61.0 Å². The van der Waals surface area contributed by atoms with Gasteiger partial charge in [-0.15, -0.1) is 10.2 Å². The number of thioether (sulfide) groups is 1. The van der Waals surface area contributed by atoms with Crippen LogP contribution >= 0.6 is 11.8 Å². The second-order valence-corrected chi connectivity index (χ2v) is 7.06. The zero-order valence-corrected chi connectivity index (χ0v) is 15.5. The molecule has 0 spiro atoms. The molecule has 2 aromatic carbocycles. The van der Waals surface area contributed by atoms with Gasteiger partial charge in [0.25, 0.3) is 0 Å². The summed E-state index contributed by atoms with van der Waals surface area (Å²) < 4.78 is 15.6. The first-order valence-corrected chi connectivity index (χ1v) is 9.00. The molecule has 6 nitrogen and oxygen atoms in total. The molecule has 0 aliphatic heterocycles. The number of amides is 1. The van der Waals surface area contributed by atoms with Crippen LogP contribution in [0.15, 0.2) is 53.7 Å². The summed E-state index contributed by atoms with van der Waals surface area (Å²) >= 11 is 1.20. The van der Waals surface area contributed by atoms with Crippen molar-refractivity contribution in [1.82, 2.24) is 14.8 Å². The second kappa shape index (κ2) is 8.01. The lowest BCUT2D eigenvalue weighted by Crippen LogP contribution is -2.23. The van der Waals surface area contributed by atoms with E-state index in [2.05, 4.69) is 15.5 Å². The molecule has 0 radical (unpaired) electrons. The second-order valence-electron chi connectivity index (χ2n) is 5.75. The van der Waals surface area contributed by atoms with Gasteiger partial charge in [-0.05, 0) is 31.2 Å². The molecule has 0 saturated carbocycles. The highest BCUT2D eigenvalue weighted by atomic mass is 32.2. The predicted octanol–water partition coefficient (Wildman–Crippen LogP) is 3.61. The Morgan fingerprint density at radius 3 is 2.67 bits per heavy atom. The third-order valence-electron chi connectivity index (χ3n) is 3.91. The van der Waals surface area contributed by atoms with E-state index in [0.717, 1.165) is 0 Å². The molecule has 1 amide bonds. The topological polar surface area (TPSA) is 83.6 Å². The Morgan fingerprint density at radius 1 is 1.22 bits per heavy atom. The Morgan fingerprint density at radius 2 is 1.93 bits per heavy atom. The van der Waals surface area contributed by atoms with Crippen molar-refractivity contribution in [3.05, 3.63) is 59.9 Å². The molecule has 0 aliphatic rings. The fourth-order valence-electron chi connectivity index (χ4n) is 2.43. The first-order chi connectivity index (χ1) is 13.0. The van der Waals surface area contributed by atoms with Crippen molar-refractivity contribution < 1.29 is 9.18 Å². The van der Waals surface area contributed by atoms with E-state index in [0.29, 0.717) is 27.8 Å². The van der Waals surface area contributed by atoms with Gasteiger partial charge in [0, 0.05) is 7.05 Å². The lowest BCUT2D eigenvalue weighted by Gasteiger charge is -2.12. The van der Waals surface area contributed by atoms with E-state index in [-0.39, 0.29) is 11.7 Å². The zero-order valence-electron chi connectivity index (χ0n) is 14.7. The summed E-state index contributed by atoms with van der Waals surface area (Å²) in [4.78, 5) is 12.5. The summed E-state index contributed by atoms with van der Waals surface area (Å²) in [6.07, 6.45) is 0. The molecular weight excluding hydrogens is 365 g/mol. The largest absolute Gasteiger partial charge is 0.324 e. The maximum atomic E-state index is 14.0. The third kappa shape index (κ3) is 3.99. The summed E-state index contributed by atoms with van der Waals surface area (Å²) in [5.41, 5.74) is 1.20. The first kappa shape index (κ1) is 18.6. The molecular formula is C19H16FN5OS. The molecule has 1 heterocycles. The molecule has 8 heteroatoms. The van der Waals surface area contributed by atoms with Gasteiger partial charge in [0.1, 0.15) is 11.9 Å². The summed E-state index contributed by atoms with van der Waals surface area (Å²) in [5, 5.41) is 20.0. The standard InChI is InChI=1S/C19H16FN5OS/c1-12(18(26)22-16-10-6-3-7-13(16)11-21)27-19-24-23-17(25(19)2)14-8-4-5-9-15(14)20/h3-10,12H,1-2H3,(H,22,26). The highest BCUT2D eigenvalue weighted by Crippen LogP contribution is 2.27. The fourth-order valence-corrected chi connectivity index (χ4v) is 3.24. The monoisotopic (exact) mass is 381 g/mol. The Labute approximate surface area is 160 Å². The number of nitrogens with zero attached hydrogens (tertiary/aromatic N) is 4. The smallest absolute Gasteiger partial charge is 0.237 e. The molecule has 0 aliphatic carbocycles. The van der Waals surface area contributed by atoms with Crippen molar-refractivity contribution in [3.8, 4) is 17.5 Å². The molecule has 0 saturated heterocycles. The van der Waals surface area contributed by atoms with Crippen molar-refractivity contribution in [2.24, 2.45) is 7.05 Å². The van der Waals surface area contributed by atoms with E-state index in [9.17, 15) is 9.18 Å². The molecule has 3 aromatic rings. The van der Waals surface area contributed by atoms with Crippen LogP contribution in [0.2, 0.25) is 0 Å². The molecule has 0 bridgehead atoms. The SMILES string of the molecule is CC(Sc1nnc(-c2ccccc2F)n1C)C(=O)Nc1ccccc1C#N. The van der Waals surface area contributed by atoms with Gasteiger partial charge < -0.3 is 9.88 Å². The number of hydrogen-bond acceptors (Lipinski definition) is 5. The van der Waals surface area contributed by atoms with Crippen molar-refractivity contribution in [2.75, 3.05) is 5.32 Å². The minimum absolute atomic E-state index is 0.266. The van der Waals surface area contributed by atoms with Crippen molar-refractivity contribution in [1.29, 1.82) is 5.26 Å². The van der Waals surface area contributed by atoms with Gasteiger partial charge in [-0.1, -0.05) is 36.0 Å². The summed E-state index contributed by atoms with van der Waals surface area (Å²) in [7, 11) is 1.72. The number of hydrogen-bond donors (Lipinski definition) is 1. The summed E-state index contributed by atoms with van der Waals surface area (Å²) in [5.74, 6) is -0.264. The molecule has 1 aromatic heterocycles. The Hall–Kier alpha value is -3.18. The van der Waals surface area contributed by atoms with Crippen LogP contribution in [0.5, 0.6) is 0 Å². The van der Waals surface area contributed by atoms with Crippen LogP contribution in [0.25, 0.3) is 11.4 Å². The maximum absolute atomic E-state index is 14.0. The molecule has 1 unspecified atom stereocenters. The lowest BCUT2D eigenvalue weighted by atomic mass is 10.2. The number of nitrogens with one attached hydrogen (secondary N) is 1. The molecule has 3 rings (SSSR count). The summed E-state index contributed by atoms with van der Waals surface area (Å²) in [6, 6.07) is 15.2. The number of benzene rings is 2. The van der Waals surface area contributed by atoms with Crippen LogP contribution in [0, 0.1) is 17.1 Å². The molecule has 1 atom stereocenters. The van der Waals surface area contributed by atoms with Gasteiger partial charge in [-0.2, -0.15) is 5.26 Å². The summed E-state index contributed by atoms with van der Waals surface area (Å²) in [6.45, 7) is 1.73. The number of carbonyl (C=O) groups excluding carboxylic acids is 1. The van der Waals surface area contributed by atoms with Gasteiger partial charge in [0.05, 0.1) is 22.1 Å². The average Bonchev–Trinajstić information content (AvgIpc) is 3.03. The van der Waals surface area contributed by atoms with Gasteiger partial charge in [0.15, 0.2) is 11.0 Å². The van der Waals surface area contributed by atoms with Crippen molar-refractivity contribution >= 4 is 23.4 Å². The molecule has 0 fully saturated rings. The molecule has 136 valence electrons. The number of halogens is 1. The number of anilines is 1. The van der Waals surface area contributed by atoms with Crippen LogP contribution in [-0.4, -0.2) is 25.9 Å². The van der Waals surface area contributed by atoms with Gasteiger partial charge in [0.2, 0.25) is 5.91 Å². The Balaban J connectivity index is 1.75. The zero-order chi connectivity index (χ0) is 19.4. The van der Waals surface area contributed by atoms with Gasteiger partial charge in [-0.25, -0.2) is 4.39 Å². The normalized spacial score (nSPS) is 11.6. The maximum Gasteiger partial charge on any atom is 0.237 e. The van der Waals surface area contributed by atoms with Gasteiger partial charge >= 0.3 is 0 Å². The third-order valence-corrected chi connectivity index (χ3v) is 5.04. The van der Waals surface area contributed by atoms with Crippen LogP contribution in [-0.2, 0) is 11.8 Å². The van der Waals surface area contributed by atoms with E-state index < -0.39 is 5.25 Å². The van der Waals surface area contributed by atoms with Crippen molar-refractivity contribution in [2.45, 2.75) is 17.3 Å². The Kier molecular flexibility index (Phi) is 5.52. The molecule has 1 N–H and O–H groups in total. The van der Waals surface area contributed by atoms with Crippen molar-refractivity contribution in [3.63, 3.8) is 0 Å².